The van der Waals surface area contributed by atoms with E-state index in [4.69, 9.17) is 16.3 Å². The normalized spacial score (nSPS) is 29.3. The van der Waals surface area contributed by atoms with E-state index in [1.54, 1.807) is 23.2 Å². The molecule has 1 aromatic heterocycles. The molecule has 2 fully saturated rings. The van der Waals surface area contributed by atoms with E-state index in [2.05, 4.69) is 4.98 Å². The smallest absolute Gasteiger partial charge is 0.407 e. The number of ether oxygens (including phenoxy) is 1. The van der Waals surface area contributed by atoms with Gasteiger partial charge in [0, 0.05) is 42.2 Å². The van der Waals surface area contributed by atoms with Crippen molar-refractivity contribution < 1.29 is 14.6 Å². The van der Waals surface area contributed by atoms with E-state index in [9.17, 15) is 9.90 Å². The van der Waals surface area contributed by atoms with Crippen LogP contribution in [0.5, 0.6) is 5.88 Å². The quantitative estimate of drug-likeness (QED) is 0.906. The molecule has 1 aromatic rings. The van der Waals surface area contributed by atoms with Gasteiger partial charge in [-0.25, -0.2) is 9.78 Å². The summed E-state index contributed by atoms with van der Waals surface area (Å²) in [5, 5.41) is 9.78. The molecule has 19 heavy (non-hydrogen) atoms. The summed E-state index contributed by atoms with van der Waals surface area (Å²) >= 11 is 5.89. The van der Waals surface area contributed by atoms with E-state index in [0.29, 0.717) is 10.9 Å². The molecule has 2 bridgehead atoms. The van der Waals surface area contributed by atoms with Gasteiger partial charge in [0.25, 0.3) is 0 Å². The van der Waals surface area contributed by atoms with Crippen LogP contribution in [-0.4, -0.2) is 39.3 Å². The van der Waals surface area contributed by atoms with Crippen LogP contribution in [0.4, 0.5) is 4.79 Å². The summed E-state index contributed by atoms with van der Waals surface area (Å²) in [6, 6.07) is 3.55. The molecule has 3 atom stereocenters. The van der Waals surface area contributed by atoms with Crippen molar-refractivity contribution in [3.05, 3.63) is 23.4 Å². The van der Waals surface area contributed by atoms with E-state index in [1.807, 2.05) is 0 Å². The Morgan fingerprint density at radius 1 is 1.42 bits per heavy atom. The first kappa shape index (κ1) is 12.5. The van der Waals surface area contributed by atoms with Gasteiger partial charge in [-0.15, -0.1) is 0 Å². The number of pyridine rings is 1. The van der Waals surface area contributed by atoms with Gasteiger partial charge in [0.05, 0.1) is 0 Å². The minimum Gasteiger partial charge on any atom is -0.474 e. The number of aromatic nitrogens is 1. The number of hydrogen-bond donors (Lipinski definition) is 1. The molecule has 0 spiro atoms. The first-order valence-corrected chi connectivity index (χ1v) is 6.81. The van der Waals surface area contributed by atoms with Gasteiger partial charge in [0.2, 0.25) is 5.88 Å². The molecule has 5 nitrogen and oxygen atoms in total. The molecule has 1 N–H and O–H groups in total. The Kier molecular flexibility index (Phi) is 3.22. The maximum atomic E-state index is 11.2. The highest BCUT2D eigenvalue weighted by molar-refractivity contribution is 6.30. The maximum Gasteiger partial charge on any atom is 0.407 e. The number of rotatable bonds is 2. The average molecular weight is 283 g/mol. The molecule has 0 unspecified atom stereocenters. The highest BCUT2D eigenvalue weighted by Gasteiger charge is 2.44. The Labute approximate surface area is 116 Å². The molecule has 0 radical (unpaired) electrons. The molecule has 3 heterocycles. The molecule has 2 saturated heterocycles. The molecule has 6 heteroatoms. The number of piperidine rings is 1. The molecular formula is C13H15ClN2O3. The van der Waals surface area contributed by atoms with Gasteiger partial charge >= 0.3 is 6.09 Å². The minimum atomic E-state index is -0.813. The maximum absolute atomic E-state index is 11.2. The molecule has 0 aromatic carbocycles. The zero-order chi connectivity index (χ0) is 13.4. The van der Waals surface area contributed by atoms with Crippen molar-refractivity contribution >= 4 is 17.7 Å². The monoisotopic (exact) mass is 282 g/mol. The second-order valence-electron chi connectivity index (χ2n) is 5.10. The van der Waals surface area contributed by atoms with Crippen molar-refractivity contribution in [2.75, 3.05) is 0 Å². The van der Waals surface area contributed by atoms with Gasteiger partial charge in [-0.3, -0.25) is 0 Å². The molecule has 2 aliphatic heterocycles. The van der Waals surface area contributed by atoms with Crippen LogP contribution in [0.1, 0.15) is 25.7 Å². The molecule has 1 amide bonds. The summed E-state index contributed by atoms with van der Waals surface area (Å²) in [5.41, 5.74) is 0. The number of halogens is 1. The number of amides is 1. The lowest BCUT2D eigenvalue weighted by Crippen LogP contribution is -2.48. The molecule has 2 aliphatic rings. The van der Waals surface area contributed by atoms with Gasteiger partial charge in [-0.05, 0) is 18.9 Å². The number of carboxylic acid groups (broad SMARTS) is 1. The zero-order valence-corrected chi connectivity index (χ0v) is 11.1. The predicted molar refractivity (Wildman–Crippen MR) is 69.6 cm³/mol. The number of carbonyl (C=O) groups is 1. The number of fused-ring (bicyclic) bond motifs is 2. The Morgan fingerprint density at radius 2 is 2.11 bits per heavy atom. The van der Waals surface area contributed by atoms with E-state index in [1.165, 1.54) is 0 Å². The average Bonchev–Trinajstić information content (AvgIpc) is 2.62. The zero-order valence-electron chi connectivity index (χ0n) is 10.3. The van der Waals surface area contributed by atoms with Crippen molar-refractivity contribution in [2.45, 2.75) is 43.9 Å². The van der Waals surface area contributed by atoms with E-state index < -0.39 is 6.09 Å². The fourth-order valence-corrected chi connectivity index (χ4v) is 3.31. The molecular weight excluding hydrogens is 268 g/mol. The van der Waals surface area contributed by atoms with E-state index in [-0.39, 0.29) is 18.2 Å². The van der Waals surface area contributed by atoms with Crippen LogP contribution >= 0.6 is 11.6 Å². The van der Waals surface area contributed by atoms with Gasteiger partial charge in [-0.2, -0.15) is 0 Å². The lowest BCUT2D eigenvalue weighted by atomic mass is 10.0. The first-order chi connectivity index (χ1) is 9.13. The van der Waals surface area contributed by atoms with Gasteiger partial charge in [-0.1, -0.05) is 11.6 Å². The summed E-state index contributed by atoms with van der Waals surface area (Å²) in [6.07, 6.45) is 4.15. The summed E-state index contributed by atoms with van der Waals surface area (Å²) in [5.74, 6) is 0.515. The SMILES string of the molecule is O=C(O)N1[C@@H]2CC[C@H]1C[C@H](Oc1cc(Cl)ccn1)C2. The molecule has 0 aliphatic carbocycles. The summed E-state index contributed by atoms with van der Waals surface area (Å²) in [7, 11) is 0. The van der Waals surface area contributed by atoms with Crippen LogP contribution in [0.3, 0.4) is 0 Å². The van der Waals surface area contributed by atoms with Crippen LogP contribution in [0.25, 0.3) is 0 Å². The van der Waals surface area contributed by atoms with Gasteiger partial charge in [0.15, 0.2) is 0 Å². The number of nitrogens with zero attached hydrogens (tertiary/aromatic N) is 2. The Hall–Kier alpha value is -1.49. The largest absolute Gasteiger partial charge is 0.474 e. The summed E-state index contributed by atoms with van der Waals surface area (Å²) in [6.45, 7) is 0. The van der Waals surface area contributed by atoms with Crippen LogP contribution in [-0.2, 0) is 0 Å². The Balaban J connectivity index is 1.68. The van der Waals surface area contributed by atoms with E-state index in [0.717, 1.165) is 25.7 Å². The lowest BCUT2D eigenvalue weighted by Gasteiger charge is -2.36. The van der Waals surface area contributed by atoms with Gasteiger partial charge < -0.3 is 14.7 Å². The highest BCUT2D eigenvalue weighted by Crippen LogP contribution is 2.37. The fourth-order valence-electron chi connectivity index (χ4n) is 3.16. The van der Waals surface area contributed by atoms with Crippen LogP contribution < -0.4 is 4.74 Å². The molecule has 0 saturated carbocycles. The highest BCUT2D eigenvalue weighted by atomic mass is 35.5. The van der Waals surface area contributed by atoms with Crippen molar-refractivity contribution in [3.8, 4) is 5.88 Å². The summed E-state index contributed by atoms with van der Waals surface area (Å²) in [4.78, 5) is 16.9. The fraction of sp³-hybridized carbons (Fsp3) is 0.538. The van der Waals surface area contributed by atoms with Crippen molar-refractivity contribution in [3.63, 3.8) is 0 Å². The molecule has 102 valence electrons. The predicted octanol–water partition coefficient (Wildman–Crippen LogP) is 2.79. The standard InChI is InChI=1S/C13H15ClN2O3/c14-8-3-4-15-12(5-8)19-11-6-9-1-2-10(7-11)16(9)13(17)18/h3-5,9-11H,1-2,6-7H2,(H,17,18)/t9-,10+,11-. The topological polar surface area (TPSA) is 62.7 Å². The van der Waals surface area contributed by atoms with E-state index >= 15 is 0 Å². The first-order valence-electron chi connectivity index (χ1n) is 6.43. The lowest BCUT2D eigenvalue weighted by molar-refractivity contribution is 0.0477. The summed E-state index contributed by atoms with van der Waals surface area (Å²) < 4.78 is 5.83. The van der Waals surface area contributed by atoms with Crippen molar-refractivity contribution in [1.29, 1.82) is 0 Å². The second-order valence-corrected chi connectivity index (χ2v) is 5.53. The van der Waals surface area contributed by atoms with Crippen LogP contribution in [0.15, 0.2) is 18.3 Å². The van der Waals surface area contributed by atoms with Crippen molar-refractivity contribution in [1.82, 2.24) is 9.88 Å². The Morgan fingerprint density at radius 3 is 2.68 bits per heavy atom. The minimum absolute atomic E-state index is 0.0269. The number of hydrogen-bond acceptors (Lipinski definition) is 3. The second kappa shape index (κ2) is 4.89. The van der Waals surface area contributed by atoms with Crippen molar-refractivity contribution in [2.24, 2.45) is 0 Å². The third kappa shape index (κ3) is 2.47. The van der Waals surface area contributed by atoms with Crippen LogP contribution in [0, 0.1) is 0 Å². The van der Waals surface area contributed by atoms with Gasteiger partial charge in [0.1, 0.15) is 6.10 Å². The van der Waals surface area contributed by atoms with Crippen LogP contribution in [0.2, 0.25) is 5.02 Å². The third-order valence-electron chi connectivity index (χ3n) is 3.90. The molecule has 3 rings (SSSR count). The third-order valence-corrected chi connectivity index (χ3v) is 4.13. The Bertz CT molecular complexity index is 483.